The van der Waals surface area contributed by atoms with Gasteiger partial charge in [0.2, 0.25) is 5.75 Å². The average molecular weight is 321 g/mol. The number of rotatable bonds is 3. The minimum absolute atomic E-state index is 0. The molecule has 22 heavy (non-hydrogen) atoms. The maximum atomic E-state index is 10.5. The maximum Gasteiger partial charge on any atom is 1.00 e. The van der Waals surface area contributed by atoms with Crippen LogP contribution in [-0.2, 0) is 4.57 Å². The Balaban J connectivity index is 0.00000176. The molecule has 0 spiro atoms. The van der Waals surface area contributed by atoms with E-state index in [-0.39, 0.29) is 41.1 Å². The Morgan fingerprint density at radius 1 is 0.909 bits per heavy atom. The molecule has 0 amide bonds. The van der Waals surface area contributed by atoms with Crippen LogP contribution in [0.1, 0.15) is 0 Å². The molecule has 6 heteroatoms. The van der Waals surface area contributed by atoms with Crippen molar-refractivity contribution in [2.45, 2.75) is 0 Å². The van der Waals surface area contributed by atoms with E-state index in [9.17, 15) is 14.6 Å². The molecule has 0 saturated heterocycles. The third-order valence-electron chi connectivity index (χ3n) is 3.21. The van der Waals surface area contributed by atoms with Gasteiger partial charge in [-0.25, -0.2) is 0 Å². The Morgan fingerprint density at radius 3 is 2.23 bits per heavy atom. The molecule has 3 aromatic rings. The smallest absolute Gasteiger partial charge is 0.558 e. The molecule has 0 aliphatic heterocycles. The summed E-state index contributed by atoms with van der Waals surface area (Å²) >= 11 is 0. The van der Waals surface area contributed by atoms with Crippen LogP contribution in [0.15, 0.2) is 60.7 Å². The number of phenolic OH excluding ortho intramolecular Hbond substituents is 1. The van der Waals surface area contributed by atoms with Crippen LogP contribution in [0.25, 0.3) is 21.9 Å². The summed E-state index contributed by atoms with van der Waals surface area (Å²) in [5, 5.41) is 12.1. The minimum atomic E-state index is -3.04. The Labute approximate surface area is 150 Å². The third kappa shape index (κ3) is 3.67. The van der Waals surface area contributed by atoms with E-state index >= 15 is 0 Å². The summed E-state index contributed by atoms with van der Waals surface area (Å²) in [4.78, 5) is 10.5. The van der Waals surface area contributed by atoms with Gasteiger partial charge >= 0.3 is 37.8 Å². The molecule has 1 atom stereocenters. The maximum absolute atomic E-state index is 10.5. The van der Waals surface area contributed by atoms with Crippen LogP contribution in [-0.4, -0.2) is 5.11 Å². The third-order valence-corrected chi connectivity index (χ3v) is 3.56. The zero-order valence-electron chi connectivity index (χ0n) is 11.9. The molecule has 0 aliphatic rings. The van der Waals surface area contributed by atoms with E-state index in [1.54, 1.807) is 6.07 Å². The number of phenols is 1. The second-order valence-electron chi connectivity index (χ2n) is 4.56. The summed E-state index contributed by atoms with van der Waals surface area (Å²) < 4.78 is 15.0. The quantitative estimate of drug-likeness (QED) is 0.567. The van der Waals surface area contributed by atoms with Crippen LogP contribution in [0.3, 0.4) is 0 Å². The summed E-state index contributed by atoms with van der Waals surface area (Å²) in [7, 11) is -3.04. The van der Waals surface area contributed by atoms with Crippen molar-refractivity contribution < 1.29 is 48.6 Å². The van der Waals surface area contributed by atoms with E-state index in [1.165, 1.54) is 12.1 Å². The number of fused-ring (bicyclic) bond motifs is 1. The number of aromatic hydroxyl groups is 1. The van der Waals surface area contributed by atoms with Crippen molar-refractivity contribution in [2.75, 3.05) is 0 Å². The van der Waals surface area contributed by atoms with Gasteiger partial charge in [-0.1, -0.05) is 42.5 Å². The molecular weight excluding hydrogens is 310 g/mol. The zero-order valence-corrected chi connectivity index (χ0v) is 14.8. The number of benzene rings is 3. The average Bonchev–Trinajstić information content (AvgIpc) is 2.48. The van der Waals surface area contributed by atoms with Crippen molar-refractivity contribution in [3.05, 3.63) is 60.7 Å². The first-order valence-corrected chi connectivity index (χ1v) is 7.37. The fourth-order valence-electron chi connectivity index (χ4n) is 2.22. The first kappa shape index (κ1) is 16.9. The molecule has 1 unspecified atom stereocenters. The molecule has 3 rings (SSSR count). The molecule has 3 aromatic carbocycles. The Bertz CT molecular complexity index is 835. The van der Waals surface area contributed by atoms with Gasteiger partial charge in [0.25, 0.3) is 0 Å². The van der Waals surface area contributed by atoms with Gasteiger partial charge in [0.15, 0.2) is 5.75 Å². The summed E-state index contributed by atoms with van der Waals surface area (Å²) in [5.74, 6) is -0.282. The second-order valence-corrected chi connectivity index (χ2v) is 5.19. The van der Waals surface area contributed by atoms with Crippen molar-refractivity contribution in [1.82, 2.24) is 0 Å². The van der Waals surface area contributed by atoms with Crippen molar-refractivity contribution in [1.29, 1.82) is 0 Å². The van der Waals surface area contributed by atoms with Crippen molar-refractivity contribution in [2.24, 2.45) is 0 Å². The molecule has 4 nitrogen and oxygen atoms in total. The van der Waals surface area contributed by atoms with E-state index in [4.69, 9.17) is 0 Å². The van der Waals surface area contributed by atoms with Gasteiger partial charge in [0, 0.05) is 0 Å². The number of hydrogen-bond acceptors (Lipinski definition) is 4. The van der Waals surface area contributed by atoms with E-state index in [0.29, 0.717) is 0 Å². The van der Waals surface area contributed by atoms with Crippen LogP contribution in [0.2, 0.25) is 0 Å². The van der Waals surface area contributed by atoms with Gasteiger partial charge in [-0.05, 0) is 44.7 Å². The van der Waals surface area contributed by atoms with Gasteiger partial charge < -0.3 is 10.00 Å². The Hall–Kier alpha value is -1.42. The molecule has 0 aliphatic carbocycles. The van der Waals surface area contributed by atoms with Crippen LogP contribution in [0.4, 0.5) is 0 Å². The second kappa shape index (κ2) is 7.23. The molecule has 1 N–H and O–H groups in total. The molecule has 104 valence electrons. The molecule has 0 fully saturated rings. The van der Waals surface area contributed by atoms with E-state index in [0.717, 1.165) is 21.9 Å². The first-order chi connectivity index (χ1) is 10.1. The van der Waals surface area contributed by atoms with Crippen molar-refractivity contribution in [3.8, 4) is 22.6 Å². The SMILES string of the molecule is O=[P+]([O-])Oc1ccc(-c2ccc3ccccc3c2)cc1O.[Na+]. The zero-order chi connectivity index (χ0) is 14.8. The summed E-state index contributed by atoms with van der Waals surface area (Å²) in [6.07, 6.45) is 0. The van der Waals surface area contributed by atoms with Crippen molar-refractivity contribution >= 4 is 19.0 Å². The van der Waals surface area contributed by atoms with Crippen molar-refractivity contribution in [3.63, 3.8) is 0 Å². The standard InChI is InChI=1S/C16H11O4P.Na/c17-15-10-14(7-8-16(15)20-21(18)19)13-6-5-11-3-1-2-4-12(11)9-13;/h1-10,17H;/q;+1. The van der Waals surface area contributed by atoms with Crippen LogP contribution < -0.4 is 39.0 Å². The monoisotopic (exact) mass is 321 g/mol. The molecule has 0 aromatic heterocycles. The van der Waals surface area contributed by atoms with Crippen LogP contribution in [0, 0.1) is 0 Å². The van der Waals surface area contributed by atoms with Gasteiger partial charge in [-0.2, -0.15) is 0 Å². The Kier molecular flexibility index (Phi) is 5.57. The summed E-state index contributed by atoms with van der Waals surface area (Å²) in [5.41, 5.74) is 1.72. The largest absolute Gasteiger partial charge is 1.00 e. The summed E-state index contributed by atoms with van der Waals surface area (Å²) in [6.45, 7) is 0. The first-order valence-electron chi connectivity index (χ1n) is 6.28. The molecule has 0 bridgehead atoms. The normalized spacial score (nSPS) is 10.9. The molecule has 0 heterocycles. The molecular formula is C16H11NaO4P+. The fraction of sp³-hybridized carbons (Fsp3) is 0. The van der Waals surface area contributed by atoms with Crippen LogP contribution >= 0.6 is 8.25 Å². The predicted octanol–water partition coefficient (Wildman–Crippen LogP) is 0.613. The van der Waals surface area contributed by atoms with Gasteiger partial charge in [0.1, 0.15) is 0 Å². The topological polar surface area (TPSA) is 69.6 Å². The molecule has 0 saturated carbocycles. The fourth-order valence-corrected chi connectivity index (χ4v) is 2.54. The van der Waals surface area contributed by atoms with Gasteiger partial charge in [-0.15, -0.1) is 0 Å². The van der Waals surface area contributed by atoms with E-state index in [2.05, 4.69) is 4.52 Å². The number of hydrogen-bond donors (Lipinski definition) is 1. The van der Waals surface area contributed by atoms with E-state index < -0.39 is 8.25 Å². The predicted molar refractivity (Wildman–Crippen MR) is 79.3 cm³/mol. The van der Waals surface area contributed by atoms with Crippen LogP contribution in [0.5, 0.6) is 11.5 Å². The Morgan fingerprint density at radius 2 is 1.55 bits per heavy atom. The van der Waals surface area contributed by atoms with Gasteiger partial charge in [-0.3, -0.25) is 4.52 Å². The molecule has 0 radical (unpaired) electrons. The van der Waals surface area contributed by atoms with Gasteiger partial charge in [0.05, 0.1) is 0 Å². The minimum Gasteiger partial charge on any atom is -0.558 e. The summed E-state index contributed by atoms with van der Waals surface area (Å²) in [6, 6.07) is 18.6. The van der Waals surface area contributed by atoms with E-state index in [1.807, 2.05) is 42.5 Å².